The van der Waals surface area contributed by atoms with Crippen molar-refractivity contribution in [2.24, 2.45) is 0 Å². The van der Waals surface area contributed by atoms with E-state index in [1.807, 2.05) is 6.92 Å². The third-order valence-electron chi connectivity index (χ3n) is 3.23. The standard InChI is InChI=1S/C16H13FO2/c1-2-13-14-9-12(18)7-8-15(14)19-16(13)10-3-5-11(17)6-4-10/h3-9,18H,2H2,1H3. The highest BCUT2D eigenvalue weighted by molar-refractivity contribution is 5.88. The van der Waals surface area contributed by atoms with Crippen LogP contribution in [0.1, 0.15) is 12.5 Å². The number of hydrogen-bond donors (Lipinski definition) is 1. The van der Waals surface area contributed by atoms with Gasteiger partial charge in [0.25, 0.3) is 0 Å². The highest BCUT2D eigenvalue weighted by atomic mass is 19.1. The third kappa shape index (κ3) is 1.97. The van der Waals surface area contributed by atoms with E-state index in [9.17, 15) is 9.50 Å². The van der Waals surface area contributed by atoms with Crippen LogP contribution in [-0.2, 0) is 6.42 Å². The van der Waals surface area contributed by atoms with Gasteiger partial charge in [0.15, 0.2) is 0 Å². The predicted octanol–water partition coefficient (Wildman–Crippen LogP) is 4.51. The summed E-state index contributed by atoms with van der Waals surface area (Å²) in [6.07, 6.45) is 0.781. The molecule has 3 rings (SSSR count). The summed E-state index contributed by atoms with van der Waals surface area (Å²) in [6.45, 7) is 2.03. The lowest BCUT2D eigenvalue weighted by Gasteiger charge is -2.00. The van der Waals surface area contributed by atoms with Gasteiger partial charge in [-0.3, -0.25) is 0 Å². The van der Waals surface area contributed by atoms with Gasteiger partial charge in [0.05, 0.1) is 0 Å². The number of halogens is 1. The summed E-state index contributed by atoms with van der Waals surface area (Å²) in [5.41, 5.74) is 2.60. The van der Waals surface area contributed by atoms with E-state index >= 15 is 0 Å². The molecule has 0 aliphatic rings. The van der Waals surface area contributed by atoms with Crippen LogP contribution in [0, 0.1) is 5.82 Å². The number of phenols is 1. The van der Waals surface area contributed by atoms with E-state index in [1.54, 1.807) is 30.3 Å². The Kier molecular flexibility index (Phi) is 2.75. The van der Waals surface area contributed by atoms with Gasteiger partial charge in [-0.15, -0.1) is 0 Å². The molecule has 2 aromatic carbocycles. The Bertz CT molecular complexity index is 726. The van der Waals surface area contributed by atoms with E-state index in [-0.39, 0.29) is 11.6 Å². The molecule has 0 amide bonds. The number of benzene rings is 2. The van der Waals surface area contributed by atoms with Crippen LogP contribution in [0.15, 0.2) is 46.9 Å². The molecular weight excluding hydrogens is 243 g/mol. The minimum absolute atomic E-state index is 0.216. The lowest BCUT2D eigenvalue weighted by molar-refractivity contribution is 0.476. The lowest BCUT2D eigenvalue weighted by Crippen LogP contribution is -1.83. The number of fused-ring (bicyclic) bond motifs is 1. The van der Waals surface area contributed by atoms with Gasteiger partial charge in [-0.25, -0.2) is 4.39 Å². The fraction of sp³-hybridized carbons (Fsp3) is 0.125. The van der Waals surface area contributed by atoms with Crippen LogP contribution >= 0.6 is 0 Å². The second-order valence-corrected chi connectivity index (χ2v) is 4.45. The van der Waals surface area contributed by atoms with E-state index < -0.39 is 0 Å². The van der Waals surface area contributed by atoms with Crippen molar-refractivity contribution >= 4 is 11.0 Å². The number of hydrogen-bond acceptors (Lipinski definition) is 2. The first kappa shape index (κ1) is 11.8. The molecule has 3 aromatic rings. The summed E-state index contributed by atoms with van der Waals surface area (Å²) in [6, 6.07) is 11.3. The minimum atomic E-state index is -0.268. The molecule has 0 saturated carbocycles. The highest BCUT2D eigenvalue weighted by Gasteiger charge is 2.14. The second kappa shape index (κ2) is 4.43. The molecule has 0 fully saturated rings. The van der Waals surface area contributed by atoms with Gasteiger partial charge in [-0.2, -0.15) is 0 Å². The Balaban J connectivity index is 2.25. The van der Waals surface area contributed by atoms with Crippen LogP contribution < -0.4 is 0 Å². The maximum absolute atomic E-state index is 13.0. The molecule has 19 heavy (non-hydrogen) atoms. The summed E-state index contributed by atoms with van der Waals surface area (Å²) in [5, 5.41) is 10.5. The predicted molar refractivity (Wildman–Crippen MR) is 72.7 cm³/mol. The third-order valence-corrected chi connectivity index (χ3v) is 3.23. The normalized spacial score (nSPS) is 11.1. The second-order valence-electron chi connectivity index (χ2n) is 4.45. The quantitative estimate of drug-likeness (QED) is 0.732. The number of phenolic OH excluding ortho intramolecular Hbond substituents is 1. The fourth-order valence-electron chi connectivity index (χ4n) is 2.32. The van der Waals surface area contributed by atoms with Gasteiger partial charge in [0, 0.05) is 16.5 Å². The smallest absolute Gasteiger partial charge is 0.138 e. The van der Waals surface area contributed by atoms with Gasteiger partial charge in [0.2, 0.25) is 0 Å². The molecule has 1 heterocycles. The van der Waals surface area contributed by atoms with Crippen LogP contribution in [0.2, 0.25) is 0 Å². The fourth-order valence-corrected chi connectivity index (χ4v) is 2.32. The summed E-state index contributed by atoms with van der Waals surface area (Å²) in [5.74, 6) is 0.687. The van der Waals surface area contributed by atoms with E-state index in [4.69, 9.17) is 4.42 Å². The van der Waals surface area contributed by atoms with Crippen molar-refractivity contribution in [1.82, 2.24) is 0 Å². The van der Waals surface area contributed by atoms with E-state index in [0.717, 1.165) is 34.3 Å². The summed E-state index contributed by atoms with van der Waals surface area (Å²) >= 11 is 0. The largest absolute Gasteiger partial charge is 0.508 e. The van der Waals surface area contributed by atoms with Crippen molar-refractivity contribution in [2.45, 2.75) is 13.3 Å². The molecule has 1 aromatic heterocycles. The van der Waals surface area contributed by atoms with Crippen molar-refractivity contribution in [3.8, 4) is 17.1 Å². The van der Waals surface area contributed by atoms with Gasteiger partial charge in [0.1, 0.15) is 22.9 Å². The molecule has 96 valence electrons. The number of rotatable bonds is 2. The molecule has 0 spiro atoms. The monoisotopic (exact) mass is 256 g/mol. The Labute approximate surface area is 110 Å². The zero-order valence-corrected chi connectivity index (χ0v) is 10.5. The maximum Gasteiger partial charge on any atom is 0.138 e. The first-order valence-corrected chi connectivity index (χ1v) is 6.19. The van der Waals surface area contributed by atoms with Crippen molar-refractivity contribution in [3.63, 3.8) is 0 Å². The molecule has 0 radical (unpaired) electrons. The van der Waals surface area contributed by atoms with Gasteiger partial charge in [-0.1, -0.05) is 6.92 Å². The van der Waals surface area contributed by atoms with Crippen molar-refractivity contribution in [1.29, 1.82) is 0 Å². The molecule has 0 saturated heterocycles. The topological polar surface area (TPSA) is 33.4 Å². The van der Waals surface area contributed by atoms with Gasteiger partial charge in [-0.05, 0) is 48.9 Å². The van der Waals surface area contributed by atoms with Crippen LogP contribution in [0.3, 0.4) is 0 Å². The molecular formula is C16H13FO2. The highest BCUT2D eigenvalue weighted by Crippen LogP contribution is 2.35. The zero-order chi connectivity index (χ0) is 13.4. The summed E-state index contributed by atoms with van der Waals surface area (Å²) in [7, 11) is 0. The molecule has 0 atom stereocenters. The van der Waals surface area contributed by atoms with Crippen LogP contribution in [0.4, 0.5) is 4.39 Å². The first-order valence-electron chi connectivity index (χ1n) is 6.19. The molecule has 1 N–H and O–H groups in total. The molecule has 3 heteroatoms. The number of furan rings is 1. The molecule has 0 aliphatic heterocycles. The SMILES string of the molecule is CCc1c(-c2ccc(F)cc2)oc2ccc(O)cc12. The van der Waals surface area contributed by atoms with Crippen molar-refractivity contribution in [2.75, 3.05) is 0 Å². The molecule has 0 bridgehead atoms. The molecule has 2 nitrogen and oxygen atoms in total. The Hall–Kier alpha value is -2.29. The maximum atomic E-state index is 13.0. The van der Waals surface area contributed by atoms with Crippen molar-refractivity contribution in [3.05, 3.63) is 53.8 Å². The van der Waals surface area contributed by atoms with Crippen LogP contribution in [0.5, 0.6) is 5.75 Å². The minimum Gasteiger partial charge on any atom is -0.508 e. The molecule has 0 aliphatic carbocycles. The van der Waals surface area contributed by atoms with E-state index in [2.05, 4.69) is 0 Å². The zero-order valence-electron chi connectivity index (χ0n) is 10.5. The van der Waals surface area contributed by atoms with Gasteiger partial charge >= 0.3 is 0 Å². The Morgan fingerprint density at radius 1 is 1.11 bits per heavy atom. The Morgan fingerprint density at radius 2 is 1.84 bits per heavy atom. The van der Waals surface area contributed by atoms with Crippen LogP contribution in [0.25, 0.3) is 22.3 Å². The van der Waals surface area contributed by atoms with Crippen LogP contribution in [-0.4, -0.2) is 5.11 Å². The van der Waals surface area contributed by atoms with Gasteiger partial charge < -0.3 is 9.52 Å². The number of aryl methyl sites for hydroxylation is 1. The average molecular weight is 256 g/mol. The van der Waals surface area contributed by atoms with E-state index in [1.165, 1.54) is 12.1 Å². The molecule has 0 unspecified atom stereocenters. The Morgan fingerprint density at radius 3 is 2.53 bits per heavy atom. The lowest BCUT2D eigenvalue weighted by atomic mass is 10.0. The number of aromatic hydroxyl groups is 1. The van der Waals surface area contributed by atoms with Crippen molar-refractivity contribution < 1.29 is 13.9 Å². The van der Waals surface area contributed by atoms with E-state index in [0.29, 0.717) is 0 Å². The first-order chi connectivity index (χ1) is 9.19. The summed E-state index contributed by atoms with van der Waals surface area (Å²) in [4.78, 5) is 0. The summed E-state index contributed by atoms with van der Waals surface area (Å²) < 4.78 is 18.8. The average Bonchev–Trinajstić information content (AvgIpc) is 2.77.